The number of carbonyl (C=O) groups is 2. The Kier molecular flexibility index (Phi) is 6.23. The number of benzene rings is 1. The van der Waals surface area contributed by atoms with Crippen molar-refractivity contribution in [2.24, 2.45) is 0 Å². The predicted molar refractivity (Wildman–Crippen MR) is 97.5 cm³/mol. The topological polar surface area (TPSA) is 61.4 Å². The van der Waals surface area contributed by atoms with E-state index >= 15 is 0 Å². The van der Waals surface area contributed by atoms with E-state index in [1.165, 1.54) is 0 Å². The first kappa shape index (κ1) is 18.3. The van der Waals surface area contributed by atoms with E-state index in [2.05, 4.69) is 38.3 Å². The van der Waals surface area contributed by atoms with E-state index in [9.17, 15) is 9.59 Å². The van der Waals surface area contributed by atoms with E-state index in [1.54, 1.807) is 0 Å². The summed E-state index contributed by atoms with van der Waals surface area (Å²) >= 11 is 0. The van der Waals surface area contributed by atoms with Gasteiger partial charge in [-0.15, -0.1) is 0 Å². The predicted octanol–water partition coefficient (Wildman–Crippen LogP) is 3.68. The molecule has 2 N–H and O–H groups in total. The number of rotatable bonds is 5. The van der Waals surface area contributed by atoms with Gasteiger partial charge >= 0.3 is 6.03 Å². The smallest absolute Gasteiger partial charge is 0.319 e. The van der Waals surface area contributed by atoms with Crippen LogP contribution < -0.4 is 10.6 Å². The van der Waals surface area contributed by atoms with E-state index in [-0.39, 0.29) is 18.5 Å². The van der Waals surface area contributed by atoms with Crippen molar-refractivity contribution in [3.05, 3.63) is 29.3 Å². The fourth-order valence-corrected chi connectivity index (χ4v) is 3.09. The SMILES string of the molecule is CC(C)c1cccc(C(C)C)c1NC(=O)NCC(=O)N1CCCC1. The summed E-state index contributed by atoms with van der Waals surface area (Å²) in [4.78, 5) is 26.1. The van der Waals surface area contributed by atoms with Gasteiger partial charge in [0.1, 0.15) is 0 Å². The summed E-state index contributed by atoms with van der Waals surface area (Å²) in [6, 6.07) is 5.80. The van der Waals surface area contributed by atoms with Crippen molar-refractivity contribution in [3.8, 4) is 0 Å². The first-order valence-electron chi connectivity index (χ1n) is 8.85. The van der Waals surface area contributed by atoms with Crippen LogP contribution in [0, 0.1) is 0 Å². The molecule has 132 valence electrons. The maximum Gasteiger partial charge on any atom is 0.319 e. The molecule has 5 nitrogen and oxygen atoms in total. The number of hydrogen-bond acceptors (Lipinski definition) is 2. The summed E-state index contributed by atoms with van der Waals surface area (Å²) in [6.07, 6.45) is 2.11. The summed E-state index contributed by atoms with van der Waals surface area (Å²) in [5, 5.41) is 5.67. The van der Waals surface area contributed by atoms with Crippen LogP contribution in [0.1, 0.15) is 63.5 Å². The van der Waals surface area contributed by atoms with Crippen LogP contribution in [0.15, 0.2) is 18.2 Å². The molecule has 0 saturated carbocycles. The highest BCUT2D eigenvalue weighted by atomic mass is 16.2. The van der Waals surface area contributed by atoms with Crippen LogP contribution in [0.2, 0.25) is 0 Å². The lowest BCUT2D eigenvalue weighted by atomic mass is 9.93. The van der Waals surface area contributed by atoms with Gasteiger partial charge in [0.2, 0.25) is 5.91 Å². The zero-order valence-electron chi connectivity index (χ0n) is 15.2. The Bertz CT molecular complexity index is 564. The fraction of sp³-hybridized carbons (Fsp3) is 0.579. The summed E-state index contributed by atoms with van der Waals surface area (Å²) in [6.45, 7) is 10.1. The Morgan fingerprint density at radius 3 is 2.08 bits per heavy atom. The average molecular weight is 331 g/mol. The molecule has 0 atom stereocenters. The highest BCUT2D eigenvalue weighted by Crippen LogP contribution is 2.32. The van der Waals surface area contributed by atoms with Crippen molar-refractivity contribution < 1.29 is 9.59 Å². The number of nitrogens with one attached hydrogen (secondary N) is 2. The highest BCUT2D eigenvalue weighted by Gasteiger charge is 2.19. The first-order valence-corrected chi connectivity index (χ1v) is 8.85. The van der Waals surface area contributed by atoms with Crippen molar-refractivity contribution in [1.29, 1.82) is 0 Å². The summed E-state index contributed by atoms with van der Waals surface area (Å²) in [7, 11) is 0. The lowest BCUT2D eigenvalue weighted by Gasteiger charge is -2.21. The Morgan fingerprint density at radius 1 is 1.04 bits per heavy atom. The number of carbonyl (C=O) groups excluding carboxylic acids is 2. The molecule has 2 rings (SSSR count). The van der Waals surface area contributed by atoms with Crippen molar-refractivity contribution in [2.75, 3.05) is 25.0 Å². The van der Waals surface area contributed by atoms with E-state index in [0.717, 1.165) is 42.7 Å². The Morgan fingerprint density at radius 2 is 1.58 bits per heavy atom. The molecule has 1 aliphatic heterocycles. The van der Waals surface area contributed by atoms with Crippen LogP contribution >= 0.6 is 0 Å². The molecule has 1 saturated heterocycles. The third kappa shape index (κ3) is 4.49. The van der Waals surface area contributed by atoms with Crippen LogP contribution in [0.4, 0.5) is 10.5 Å². The minimum Gasteiger partial charge on any atom is -0.341 e. The van der Waals surface area contributed by atoms with Gasteiger partial charge in [0, 0.05) is 18.8 Å². The van der Waals surface area contributed by atoms with Gasteiger partial charge in [-0.2, -0.15) is 0 Å². The zero-order chi connectivity index (χ0) is 17.7. The van der Waals surface area contributed by atoms with Crippen molar-refractivity contribution in [2.45, 2.75) is 52.4 Å². The molecule has 1 fully saturated rings. The number of nitrogens with zero attached hydrogens (tertiary/aromatic N) is 1. The number of urea groups is 1. The van der Waals surface area contributed by atoms with Crippen LogP contribution in [0.3, 0.4) is 0 Å². The normalized spacial score (nSPS) is 14.3. The molecule has 1 aromatic rings. The van der Waals surface area contributed by atoms with Crippen molar-refractivity contribution >= 4 is 17.6 Å². The average Bonchev–Trinajstić information content (AvgIpc) is 3.06. The Hall–Kier alpha value is -2.04. The maximum atomic E-state index is 12.3. The quantitative estimate of drug-likeness (QED) is 0.864. The molecule has 5 heteroatoms. The molecule has 1 aromatic carbocycles. The molecule has 0 spiro atoms. The minimum absolute atomic E-state index is 0.0103. The lowest BCUT2D eigenvalue weighted by molar-refractivity contribution is -0.128. The molecule has 0 aromatic heterocycles. The zero-order valence-corrected chi connectivity index (χ0v) is 15.2. The molecule has 0 aliphatic carbocycles. The fourth-order valence-electron chi connectivity index (χ4n) is 3.09. The molecule has 0 unspecified atom stereocenters. The number of hydrogen-bond donors (Lipinski definition) is 2. The van der Waals surface area contributed by atoms with Gasteiger partial charge in [0.15, 0.2) is 0 Å². The van der Waals surface area contributed by atoms with Crippen LogP contribution in [-0.4, -0.2) is 36.5 Å². The Balaban J connectivity index is 2.03. The van der Waals surface area contributed by atoms with Gasteiger partial charge in [-0.1, -0.05) is 45.9 Å². The molecule has 0 bridgehead atoms. The monoisotopic (exact) mass is 331 g/mol. The van der Waals surface area contributed by atoms with Gasteiger partial charge in [-0.25, -0.2) is 4.79 Å². The van der Waals surface area contributed by atoms with E-state index in [1.807, 2.05) is 23.1 Å². The standard InChI is InChI=1S/C19H29N3O2/c1-13(2)15-8-7-9-16(14(3)4)18(15)21-19(24)20-12-17(23)22-10-5-6-11-22/h7-9,13-14H,5-6,10-12H2,1-4H3,(H2,20,21,24). The maximum absolute atomic E-state index is 12.3. The highest BCUT2D eigenvalue weighted by molar-refractivity contribution is 5.93. The molecule has 3 amide bonds. The van der Waals surface area contributed by atoms with Crippen LogP contribution in [0.25, 0.3) is 0 Å². The van der Waals surface area contributed by atoms with Gasteiger partial charge in [0.05, 0.1) is 6.54 Å². The molecule has 1 heterocycles. The summed E-state index contributed by atoms with van der Waals surface area (Å²) in [5.41, 5.74) is 3.10. The molecule has 24 heavy (non-hydrogen) atoms. The Labute approximate surface area is 144 Å². The van der Waals surface area contributed by atoms with Gasteiger partial charge in [-0.3, -0.25) is 4.79 Å². The lowest BCUT2D eigenvalue weighted by Crippen LogP contribution is -2.40. The summed E-state index contributed by atoms with van der Waals surface area (Å²) < 4.78 is 0. The molecular formula is C19H29N3O2. The number of likely N-dealkylation sites (tertiary alicyclic amines) is 1. The summed E-state index contributed by atoms with van der Waals surface area (Å²) in [5.74, 6) is 0.611. The number of para-hydroxylation sites is 1. The molecule has 1 aliphatic rings. The van der Waals surface area contributed by atoms with E-state index in [0.29, 0.717) is 11.8 Å². The van der Waals surface area contributed by atoms with Crippen molar-refractivity contribution in [3.63, 3.8) is 0 Å². The second-order valence-corrected chi connectivity index (χ2v) is 7.02. The van der Waals surface area contributed by atoms with Crippen LogP contribution in [-0.2, 0) is 4.79 Å². The first-order chi connectivity index (χ1) is 11.4. The van der Waals surface area contributed by atoms with Crippen molar-refractivity contribution in [1.82, 2.24) is 10.2 Å². The number of anilines is 1. The third-order valence-corrected chi connectivity index (χ3v) is 4.47. The number of amides is 3. The second-order valence-electron chi connectivity index (χ2n) is 7.02. The minimum atomic E-state index is -0.322. The molecule has 0 radical (unpaired) electrons. The van der Waals surface area contributed by atoms with Gasteiger partial charge in [0.25, 0.3) is 0 Å². The van der Waals surface area contributed by atoms with E-state index < -0.39 is 0 Å². The largest absolute Gasteiger partial charge is 0.341 e. The molecular weight excluding hydrogens is 302 g/mol. The van der Waals surface area contributed by atoms with Gasteiger partial charge < -0.3 is 15.5 Å². The van der Waals surface area contributed by atoms with Gasteiger partial charge in [-0.05, 0) is 35.8 Å². The van der Waals surface area contributed by atoms with E-state index in [4.69, 9.17) is 0 Å². The van der Waals surface area contributed by atoms with Crippen LogP contribution in [0.5, 0.6) is 0 Å². The third-order valence-electron chi connectivity index (χ3n) is 4.47. The second kappa shape index (κ2) is 8.18.